The van der Waals surface area contributed by atoms with Crippen LogP contribution in [0, 0.1) is 24.1 Å². The number of hydrogen-bond donors (Lipinski definition) is 2. The van der Waals surface area contributed by atoms with Crippen LogP contribution in [-0.2, 0) is 6.54 Å². The zero-order valence-electron chi connectivity index (χ0n) is 17.0. The van der Waals surface area contributed by atoms with E-state index in [1.54, 1.807) is 31.4 Å². The van der Waals surface area contributed by atoms with Gasteiger partial charge in [-0.05, 0) is 54.3 Å². The molecule has 2 amide bonds. The van der Waals surface area contributed by atoms with Gasteiger partial charge in [0.25, 0.3) is 0 Å². The van der Waals surface area contributed by atoms with Crippen molar-refractivity contribution in [2.45, 2.75) is 13.0 Å². The van der Waals surface area contributed by atoms with E-state index in [4.69, 9.17) is 15.9 Å². The van der Waals surface area contributed by atoms with Crippen molar-refractivity contribution in [1.29, 1.82) is 0 Å². The number of urea groups is 1. The summed E-state index contributed by atoms with van der Waals surface area (Å²) >= 11 is 0. The third-order valence-corrected chi connectivity index (χ3v) is 5.02. The van der Waals surface area contributed by atoms with E-state index in [9.17, 15) is 9.18 Å². The van der Waals surface area contributed by atoms with E-state index in [1.165, 1.54) is 12.1 Å². The highest BCUT2D eigenvalue weighted by molar-refractivity contribution is 5.73. The smallest absolute Gasteiger partial charge is 0.315 e. The highest BCUT2D eigenvalue weighted by Gasteiger charge is 2.23. The van der Waals surface area contributed by atoms with Gasteiger partial charge in [-0.3, -0.25) is 0 Å². The molecular formula is C23H26FN3O3. The number of nitrogens with zero attached hydrogens (tertiary/aromatic N) is 1. The number of ether oxygens (including phenoxy) is 2. The topological polar surface area (TPSA) is 62.8 Å². The number of anilines is 1. The molecule has 3 rings (SSSR count). The lowest BCUT2D eigenvalue weighted by molar-refractivity contribution is 0.239. The molecule has 0 radical (unpaired) electrons. The lowest BCUT2D eigenvalue weighted by Crippen LogP contribution is -2.38. The molecule has 1 saturated heterocycles. The molecule has 0 spiro atoms. The van der Waals surface area contributed by atoms with Crippen molar-refractivity contribution in [2.24, 2.45) is 5.92 Å². The Labute approximate surface area is 176 Å². The largest absolute Gasteiger partial charge is 0.493 e. The summed E-state index contributed by atoms with van der Waals surface area (Å²) in [6.45, 7) is 2.81. The second-order valence-corrected chi connectivity index (χ2v) is 7.12. The van der Waals surface area contributed by atoms with E-state index in [1.807, 2.05) is 6.07 Å². The van der Waals surface area contributed by atoms with Crippen LogP contribution in [0.4, 0.5) is 14.9 Å². The summed E-state index contributed by atoms with van der Waals surface area (Å²) in [5.41, 5.74) is 1.88. The van der Waals surface area contributed by atoms with Crippen LogP contribution in [0.15, 0.2) is 42.5 Å². The molecule has 1 atom stereocenters. The first kappa shape index (κ1) is 21.3. The number of amides is 2. The Hall–Kier alpha value is -3.40. The quantitative estimate of drug-likeness (QED) is 0.655. The Balaban J connectivity index is 1.43. The number of methoxy groups -OCH3 is 1. The second-order valence-electron chi connectivity index (χ2n) is 7.12. The summed E-state index contributed by atoms with van der Waals surface area (Å²) in [5.74, 6) is 3.67. The van der Waals surface area contributed by atoms with Gasteiger partial charge in [0, 0.05) is 31.9 Å². The van der Waals surface area contributed by atoms with Crippen molar-refractivity contribution in [3.63, 3.8) is 0 Å². The Morgan fingerprint density at radius 1 is 1.23 bits per heavy atom. The summed E-state index contributed by atoms with van der Waals surface area (Å²) in [5, 5.41) is 5.78. The molecule has 30 heavy (non-hydrogen) atoms. The van der Waals surface area contributed by atoms with Gasteiger partial charge in [-0.1, -0.05) is 12.0 Å². The first-order valence-corrected chi connectivity index (χ1v) is 9.84. The number of halogens is 1. The number of carbonyl (C=O) groups excluding carboxylic acids is 1. The number of benzene rings is 2. The monoisotopic (exact) mass is 411 g/mol. The van der Waals surface area contributed by atoms with E-state index >= 15 is 0 Å². The number of terminal acetylenes is 1. The van der Waals surface area contributed by atoms with Gasteiger partial charge in [0.05, 0.1) is 7.11 Å². The van der Waals surface area contributed by atoms with E-state index in [2.05, 4.69) is 21.5 Å². The maximum Gasteiger partial charge on any atom is 0.315 e. The third kappa shape index (κ3) is 5.80. The van der Waals surface area contributed by atoms with Gasteiger partial charge >= 0.3 is 6.03 Å². The molecule has 1 aliphatic heterocycles. The molecule has 2 aromatic rings. The predicted octanol–water partition coefficient (Wildman–Crippen LogP) is 3.17. The number of rotatable bonds is 8. The zero-order chi connectivity index (χ0) is 21.3. The fourth-order valence-electron chi connectivity index (χ4n) is 3.43. The van der Waals surface area contributed by atoms with Gasteiger partial charge in [0.15, 0.2) is 11.5 Å². The highest BCUT2D eigenvalue weighted by atomic mass is 19.1. The minimum Gasteiger partial charge on any atom is -0.493 e. The first-order valence-electron chi connectivity index (χ1n) is 9.84. The van der Waals surface area contributed by atoms with Crippen molar-refractivity contribution >= 4 is 11.7 Å². The molecule has 7 heteroatoms. The van der Waals surface area contributed by atoms with Gasteiger partial charge in [0.2, 0.25) is 0 Å². The molecule has 0 bridgehead atoms. The molecule has 1 fully saturated rings. The number of nitrogens with one attached hydrogen (secondary N) is 2. The third-order valence-electron chi connectivity index (χ3n) is 5.02. The number of carbonyl (C=O) groups is 1. The van der Waals surface area contributed by atoms with Gasteiger partial charge in [-0.2, -0.15) is 0 Å². The Morgan fingerprint density at radius 2 is 2.03 bits per heavy atom. The average molecular weight is 411 g/mol. The van der Waals surface area contributed by atoms with Crippen LogP contribution in [0.5, 0.6) is 11.5 Å². The van der Waals surface area contributed by atoms with Crippen LogP contribution in [0.1, 0.15) is 12.0 Å². The summed E-state index contributed by atoms with van der Waals surface area (Å²) < 4.78 is 23.8. The summed E-state index contributed by atoms with van der Waals surface area (Å²) in [4.78, 5) is 14.4. The first-order chi connectivity index (χ1) is 14.6. The molecule has 1 aliphatic rings. The molecule has 2 N–H and O–H groups in total. The van der Waals surface area contributed by atoms with E-state index in [-0.39, 0.29) is 18.5 Å². The van der Waals surface area contributed by atoms with Crippen molar-refractivity contribution in [1.82, 2.24) is 10.6 Å². The molecule has 6 nitrogen and oxygen atoms in total. The van der Waals surface area contributed by atoms with Crippen LogP contribution in [0.2, 0.25) is 0 Å². The maximum absolute atomic E-state index is 13.1. The Bertz CT molecular complexity index is 896. The fourth-order valence-corrected chi connectivity index (χ4v) is 3.43. The van der Waals surface area contributed by atoms with Gasteiger partial charge in [0.1, 0.15) is 12.4 Å². The van der Waals surface area contributed by atoms with Crippen LogP contribution in [0.25, 0.3) is 0 Å². The molecule has 0 aromatic heterocycles. The van der Waals surface area contributed by atoms with Crippen molar-refractivity contribution < 1.29 is 18.7 Å². The fraction of sp³-hybridized carbons (Fsp3) is 0.348. The summed E-state index contributed by atoms with van der Waals surface area (Å²) in [7, 11) is 1.56. The Morgan fingerprint density at radius 3 is 2.77 bits per heavy atom. The summed E-state index contributed by atoms with van der Waals surface area (Å²) in [6.07, 6.45) is 6.22. The van der Waals surface area contributed by atoms with Crippen LogP contribution in [-0.4, -0.2) is 39.4 Å². The van der Waals surface area contributed by atoms with E-state index in [0.29, 0.717) is 30.5 Å². The Kier molecular flexibility index (Phi) is 7.39. The molecular weight excluding hydrogens is 385 g/mol. The second kappa shape index (κ2) is 10.4. The standard InChI is InChI=1S/C23H26FN3O3/c1-3-12-30-22-13-17(4-9-21(22)29-2)14-25-23(28)26-15-18-10-11-27(16-18)20-7-5-19(24)6-8-20/h1,4-9,13,18H,10-12,14-16H2,2H3,(H2,25,26,28). The van der Waals surface area contributed by atoms with Crippen molar-refractivity contribution in [2.75, 3.05) is 38.3 Å². The lowest BCUT2D eigenvalue weighted by Gasteiger charge is -2.19. The average Bonchev–Trinajstić information content (AvgIpc) is 3.24. The molecule has 1 heterocycles. The SMILES string of the molecule is C#CCOc1cc(CNC(=O)NCC2CCN(c3ccc(F)cc3)C2)ccc1OC. The molecule has 1 unspecified atom stereocenters. The van der Waals surface area contributed by atoms with Crippen LogP contribution in [0.3, 0.4) is 0 Å². The summed E-state index contributed by atoms with van der Waals surface area (Å²) in [6, 6.07) is 11.7. The molecule has 2 aromatic carbocycles. The molecule has 0 aliphatic carbocycles. The van der Waals surface area contributed by atoms with Crippen molar-refractivity contribution in [3.8, 4) is 23.8 Å². The van der Waals surface area contributed by atoms with Gasteiger partial charge in [-0.15, -0.1) is 6.42 Å². The minimum absolute atomic E-state index is 0.143. The lowest BCUT2D eigenvalue weighted by atomic mass is 10.1. The maximum atomic E-state index is 13.1. The number of hydrogen-bond acceptors (Lipinski definition) is 4. The van der Waals surface area contributed by atoms with Crippen molar-refractivity contribution in [3.05, 3.63) is 53.8 Å². The normalized spacial score (nSPS) is 15.4. The van der Waals surface area contributed by atoms with Gasteiger partial charge < -0.3 is 25.0 Å². The highest BCUT2D eigenvalue weighted by Crippen LogP contribution is 2.28. The van der Waals surface area contributed by atoms with E-state index < -0.39 is 0 Å². The molecule has 0 saturated carbocycles. The van der Waals surface area contributed by atoms with Crippen LogP contribution < -0.4 is 25.0 Å². The predicted molar refractivity (Wildman–Crippen MR) is 114 cm³/mol. The van der Waals surface area contributed by atoms with Gasteiger partial charge in [-0.25, -0.2) is 9.18 Å². The minimum atomic E-state index is -0.237. The van der Waals surface area contributed by atoms with E-state index in [0.717, 1.165) is 30.8 Å². The molecule has 158 valence electrons. The zero-order valence-corrected chi connectivity index (χ0v) is 17.0. The van der Waals surface area contributed by atoms with Crippen LogP contribution >= 0.6 is 0 Å².